The van der Waals surface area contributed by atoms with Gasteiger partial charge < -0.3 is 15.7 Å². The highest BCUT2D eigenvalue weighted by Gasteiger charge is 2.21. The Morgan fingerprint density at radius 2 is 1.85 bits per heavy atom. The number of aliphatic carboxylic acids is 1. The van der Waals surface area contributed by atoms with Gasteiger partial charge in [0, 0.05) is 5.56 Å². The number of primary amides is 1. The predicted molar refractivity (Wildman–Crippen MR) is 63.5 cm³/mol. The molecule has 0 aromatic heterocycles. The SMILES string of the molecule is NC(=O)CN(CC(=O)O)C(=O)Cc1cccc(F)c1F. The fourth-order valence-electron chi connectivity index (χ4n) is 1.54. The van der Waals surface area contributed by atoms with Crippen LogP contribution in [-0.2, 0) is 20.8 Å². The molecule has 8 heteroatoms. The van der Waals surface area contributed by atoms with Gasteiger partial charge in [-0.25, -0.2) is 8.78 Å². The van der Waals surface area contributed by atoms with Crippen molar-refractivity contribution in [3.8, 4) is 0 Å². The number of benzene rings is 1. The molecule has 0 saturated heterocycles. The first kappa shape index (κ1) is 15.5. The van der Waals surface area contributed by atoms with Crippen molar-refractivity contribution in [2.24, 2.45) is 5.73 Å². The molecule has 1 aromatic rings. The Morgan fingerprint density at radius 1 is 1.20 bits per heavy atom. The molecule has 108 valence electrons. The highest BCUT2D eigenvalue weighted by molar-refractivity contribution is 5.87. The van der Waals surface area contributed by atoms with Crippen molar-refractivity contribution in [1.29, 1.82) is 0 Å². The molecule has 0 aliphatic carbocycles. The van der Waals surface area contributed by atoms with Gasteiger partial charge in [-0.05, 0) is 6.07 Å². The minimum atomic E-state index is -1.35. The number of halogens is 2. The van der Waals surface area contributed by atoms with E-state index in [0.717, 1.165) is 6.07 Å². The van der Waals surface area contributed by atoms with Crippen LogP contribution in [0.15, 0.2) is 18.2 Å². The van der Waals surface area contributed by atoms with Gasteiger partial charge in [-0.1, -0.05) is 12.1 Å². The summed E-state index contributed by atoms with van der Waals surface area (Å²) in [5.74, 6) is -5.39. The van der Waals surface area contributed by atoms with Gasteiger partial charge in [-0.2, -0.15) is 0 Å². The quantitative estimate of drug-likeness (QED) is 0.763. The van der Waals surface area contributed by atoms with Gasteiger partial charge in [0.2, 0.25) is 11.8 Å². The summed E-state index contributed by atoms with van der Waals surface area (Å²) < 4.78 is 26.4. The maximum atomic E-state index is 13.4. The molecular weight excluding hydrogens is 274 g/mol. The zero-order valence-corrected chi connectivity index (χ0v) is 10.3. The van der Waals surface area contributed by atoms with E-state index in [1.807, 2.05) is 0 Å². The van der Waals surface area contributed by atoms with Crippen LogP contribution in [0.5, 0.6) is 0 Å². The number of carbonyl (C=O) groups is 3. The molecule has 1 rings (SSSR count). The molecular formula is C12H12F2N2O4. The van der Waals surface area contributed by atoms with Crippen LogP contribution in [0.25, 0.3) is 0 Å². The topological polar surface area (TPSA) is 101 Å². The van der Waals surface area contributed by atoms with Crippen LogP contribution >= 0.6 is 0 Å². The third-order valence-electron chi connectivity index (χ3n) is 2.40. The second-order valence-corrected chi connectivity index (χ2v) is 4.00. The Hall–Kier alpha value is -2.51. The van der Waals surface area contributed by atoms with Gasteiger partial charge in [0.15, 0.2) is 11.6 Å². The van der Waals surface area contributed by atoms with E-state index in [1.54, 1.807) is 0 Å². The maximum Gasteiger partial charge on any atom is 0.323 e. The van der Waals surface area contributed by atoms with Crippen molar-refractivity contribution in [2.45, 2.75) is 6.42 Å². The summed E-state index contributed by atoms with van der Waals surface area (Å²) in [5.41, 5.74) is 4.67. The summed E-state index contributed by atoms with van der Waals surface area (Å²) in [5, 5.41) is 8.63. The zero-order valence-electron chi connectivity index (χ0n) is 10.3. The monoisotopic (exact) mass is 286 g/mol. The first-order valence-electron chi connectivity index (χ1n) is 5.52. The number of carboxylic acids is 1. The molecule has 1 aromatic carbocycles. The second kappa shape index (κ2) is 6.60. The predicted octanol–water partition coefficient (Wildman–Crippen LogP) is -0.0942. The molecule has 0 heterocycles. The standard InChI is InChI=1S/C12H12F2N2O4/c13-8-3-1-2-7(12(8)14)4-10(18)16(5-9(15)17)6-11(19)20/h1-3H,4-6H2,(H2,15,17)(H,19,20). The number of nitrogens with zero attached hydrogens (tertiary/aromatic N) is 1. The third-order valence-corrected chi connectivity index (χ3v) is 2.40. The minimum absolute atomic E-state index is 0.227. The lowest BCUT2D eigenvalue weighted by molar-refractivity contribution is -0.145. The van der Waals surface area contributed by atoms with Crippen molar-refractivity contribution >= 4 is 17.8 Å². The molecule has 0 radical (unpaired) electrons. The van der Waals surface area contributed by atoms with Crippen LogP contribution in [-0.4, -0.2) is 40.9 Å². The molecule has 0 bridgehead atoms. The Labute approximate surface area is 112 Å². The number of carboxylic acid groups (broad SMARTS) is 1. The maximum absolute atomic E-state index is 13.4. The van der Waals surface area contributed by atoms with E-state index < -0.39 is 48.9 Å². The fraction of sp³-hybridized carbons (Fsp3) is 0.250. The van der Waals surface area contributed by atoms with E-state index in [0.29, 0.717) is 4.90 Å². The van der Waals surface area contributed by atoms with Crippen molar-refractivity contribution in [1.82, 2.24) is 4.90 Å². The number of carbonyl (C=O) groups excluding carboxylic acids is 2. The lowest BCUT2D eigenvalue weighted by Crippen LogP contribution is -2.42. The van der Waals surface area contributed by atoms with Crippen LogP contribution in [0.3, 0.4) is 0 Å². The molecule has 0 aliphatic heterocycles. The molecule has 20 heavy (non-hydrogen) atoms. The average Bonchev–Trinajstić information content (AvgIpc) is 2.33. The number of hydrogen-bond donors (Lipinski definition) is 2. The minimum Gasteiger partial charge on any atom is -0.480 e. The molecule has 0 saturated carbocycles. The summed E-state index contributed by atoms with van der Waals surface area (Å²) >= 11 is 0. The fourth-order valence-corrected chi connectivity index (χ4v) is 1.54. The van der Waals surface area contributed by atoms with Crippen LogP contribution in [0.2, 0.25) is 0 Å². The largest absolute Gasteiger partial charge is 0.480 e. The highest BCUT2D eigenvalue weighted by atomic mass is 19.2. The molecule has 6 nitrogen and oxygen atoms in total. The highest BCUT2D eigenvalue weighted by Crippen LogP contribution is 2.13. The van der Waals surface area contributed by atoms with Gasteiger partial charge >= 0.3 is 5.97 Å². The Bertz CT molecular complexity index is 532. The van der Waals surface area contributed by atoms with Crippen LogP contribution in [0.4, 0.5) is 8.78 Å². The average molecular weight is 286 g/mol. The zero-order chi connectivity index (χ0) is 15.3. The number of hydrogen-bond acceptors (Lipinski definition) is 3. The molecule has 3 N–H and O–H groups in total. The first-order chi connectivity index (χ1) is 9.31. The summed E-state index contributed by atoms with van der Waals surface area (Å²) in [4.78, 5) is 33.8. The van der Waals surface area contributed by atoms with Crippen LogP contribution < -0.4 is 5.73 Å². The summed E-state index contributed by atoms with van der Waals surface area (Å²) in [6, 6.07) is 3.30. The summed E-state index contributed by atoms with van der Waals surface area (Å²) in [6.07, 6.45) is -0.565. The van der Waals surface area contributed by atoms with E-state index in [-0.39, 0.29) is 5.56 Å². The lowest BCUT2D eigenvalue weighted by Gasteiger charge is -2.19. The lowest BCUT2D eigenvalue weighted by atomic mass is 10.1. The van der Waals surface area contributed by atoms with Crippen molar-refractivity contribution in [3.63, 3.8) is 0 Å². The van der Waals surface area contributed by atoms with Gasteiger partial charge in [0.25, 0.3) is 0 Å². The van der Waals surface area contributed by atoms with Gasteiger partial charge in [0.1, 0.15) is 6.54 Å². The third kappa shape index (κ3) is 4.30. The van der Waals surface area contributed by atoms with E-state index >= 15 is 0 Å². The smallest absolute Gasteiger partial charge is 0.323 e. The molecule has 0 atom stereocenters. The molecule has 0 aliphatic rings. The van der Waals surface area contributed by atoms with Crippen LogP contribution in [0, 0.1) is 11.6 Å². The number of nitrogens with two attached hydrogens (primary N) is 1. The van der Waals surface area contributed by atoms with Gasteiger partial charge in [-0.3, -0.25) is 14.4 Å². The number of amides is 2. The molecule has 2 amide bonds. The molecule has 0 fully saturated rings. The molecule has 0 unspecified atom stereocenters. The number of rotatable bonds is 6. The Morgan fingerprint density at radius 3 is 2.40 bits per heavy atom. The van der Waals surface area contributed by atoms with Crippen molar-refractivity contribution in [2.75, 3.05) is 13.1 Å². The molecule has 0 spiro atoms. The Kier molecular flexibility index (Phi) is 5.13. The van der Waals surface area contributed by atoms with E-state index in [9.17, 15) is 23.2 Å². The van der Waals surface area contributed by atoms with Crippen molar-refractivity contribution in [3.05, 3.63) is 35.4 Å². The van der Waals surface area contributed by atoms with E-state index in [2.05, 4.69) is 0 Å². The van der Waals surface area contributed by atoms with Gasteiger partial charge in [-0.15, -0.1) is 0 Å². The van der Waals surface area contributed by atoms with Gasteiger partial charge in [0.05, 0.1) is 13.0 Å². The first-order valence-corrected chi connectivity index (χ1v) is 5.52. The van der Waals surface area contributed by atoms with Crippen LogP contribution in [0.1, 0.15) is 5.56 Å². The summed E-state index contributed by atoms with van der Waals surface area (Å²) in [6.45, 7) is -1.36. The van der Waals surface area contributed by atoms with E-state index in [1.165, 1.54) is 12.1 Å². The summed E-state index contributed by atoms with van der Waals surface area (Å²) in [7, 11) is 0. The van der Waals surface area contributed by atoms with E-state index in [4.69, 9.17) is 10.8 Å². The van der Waals surface area contributed by atoms with Crippen molar-refractivity contribution < 1.29 is 28.3 Å². The second-order valence-electron chi connectivity index (χ2n) is 4.00. The normalized spacial score (nSPS) is 10.1. The Balaban J connectivity index is 2.87.